The molecule has 96 valence electrons. The summed E-state index contributed by atoms with van der Waals surface area (Å²) >= 11 is 0. The minimum atomic E-state index is -0.527. The number of carbonyl (C=O) groups excluding carboxylic acids is 1. The maximum atomic E-state index is 11.5. The third-order valence-corrected chi connectivity index (χ3v) is 2.34. The molecule has 6 heteroatoms. The van der Waals surface area contributed by atoms with Crippen molar-refractivity contribution in [1.82, 2.24) is 5.32 Å². The second kappa shape index (κ2) is 5.16. The first kappa shape index (κ1) is 13.5. The van der Waals surface area contributed by atoms with Crippen molar-refractivity contribution in [2.24, 2.45) is 0 Å². The van der Waals surface area contributed by atoms with Crippen LogP contribution in [0.5, 0.6) is 0 Å². The van der Waals surface area contributed by atoms with Crippen molar-refractivity contribution in [3.05, 3.63) is 21.9 Å². The predicted molar refractivity (Wildman–Crippen MR) is 62.1 cm³/mol. The van der Waals surface area contributed by atoms with Gasteiger partial charge in [0.15, 0.2) is 0 Å². The standard InChI is InChI=1S/C11H18N2O4/c1-11(2,3)17-10(14)12-8-4-6-9(7-5-8)13(15)16/h6,8H,4-5,7H2,1-3H3,(H,12,14). The van der Waals surface area contributed by atoms with Gasteiger partial charge in [-0.3, -0.25) is 10.1 Å². The Morgan fingerprint density at radius 3 is 2.65 bits per heavy atom. The summed E-state index contributed by atoms with van der Waals surface area (Å²) in [6, 6.07) is -0.0754. The summed E-state index contributed by atoms with van der Waals surface area (Å²) in [7, 11) is 0. The maximum Gasteiger partial charge on any atom is 0.407 e. The molecule has 1 aliphatic carbocycles. The highest BCUT2D eigenvalue weighted by molar-refractivity contribution is 5.68. The Balaban J connectivity index is 2.41. The summed E-state index contributed by atoms with van der Waals surface area (Å²) in [4.78, 5) is 21.6. The van der Waals surface area contributed by atoms with Crippen molar-refractivity contribution in [3.8, 4) is 0 Å². The molecule has 1 rings (SSSR count). The zero-order chi connectivity index (χ0) is 13.1. The van der Waals surface area contributed by atoms with Crippen molar-refractivity contribution in [3.63, 3.8) is 0 Å². The molecular formula is C11H18N2O4. The number of nitrogens with one attached hydrogen (secondary N) is 1. The number of alkyl carbamates (subject to hydrolysis) is 1. The minimum Gasteiger partial charge on any atom is -0.444 e. The van der Waals surface area contributed by atoms with Crippen LogP contribution < -0.4 is 5.32 Å². The number of hydrogen-bond donors (Lipinski definition) is 1. The lowest BCUT2D eigenvalue weighted by atomic mass is 10.00. The fraction of sp³-hybridized carbons (Fsp3) is 0.727. The predicted octanol–water partition coefficient (Wildman–Crippen LogP) is 2.22. The molecule has 6 nitrogen and oxygen atoms in total. The largest absolute Gasteiger partial charge is 0.444 e. The fourth-order valence-electron chi connectivity index (χ4n) is 1.59. The highest BCUT2D eigenvalue weighted by Crippen LogP contribution is 2.19. The maximum absolute atomic E-state index is 11.5. The van der Waals surface area contributed by atoms with Crippen LogP contribution in [0.2, 0.25) is 0 Å². The van der Waals surface area contributed by atoms with Gasteiger partial charge in [-0.1, -0.05) is 0 Å². The van der Waals surface area contributed by atoms with Crippen molar-refractivity contribution in [1.29, 1.82) is 0 Å². The lowest BCUT2D eigenvalue weighted by molar-refractivity contribution is -0.429. The van der Waals surface area contributed by atoms with E-state index < -0.39 is 11.7 Å². The average molecular weight is 242 g/mol. The van der Waals surface area contributed by atoms with E-state index in [1.54, 1.807) is 26.8 Å². The van der Waals surface area contributed by atoms with Gasteiger partial charge in [-0.15, -0.1) is 0 Å². The lowest BCUT2D eigenvalue weighted by Crippen LogP contribution is -2.39. The van der Waals surface area contributed by atoms with E-state index in [9.17, 15) is 14.9 Å². The lowest BCUT2D eigenvalue weighted by Gasteiger charge is -2.24. The van der Waals surface area contributed by atoms with Crippen LogP contribution in [0.15, 0.2) is 11.8 Å². The van der Waals surface area contributed by atoms with Gasteiger partial charge in [0, 0.05) is 12.5 Å². The highest BCUT2D eigenvalue weighted by atomic mass is 16.6. The Hall–Kier alpha value is -1.59. The Morgan fingerprint density at radius 2 is 2.24 bits per heavy atom. The number of amides is 1. The first-order valence-corrected chi connectivity index (χ1v) is 5.61. The van der Waals surface area contributed by atoms with Crippen molar-refractivity contribution in [2.45, 2.75) is 51.7 Å². The highest BCUT2D eigenvalue weighted by Gasteiger charge is 2.24. The van der Waals surface area contributed by atoms with Gasteiger partial charge in [-0.2, -0.15) is 0 Å². The first-order valence-electron chi connectivity index (χ1n) is 5.61. The van der Waals surface area contributed by atoms with E-state index in [-0.39, 0.29) is 16.7 Å². The summed E-state index contributed by atoms with van der Waals surface area (Å²) in [6.45, 7) is 5.37. The topological polar surface area (TPSA) is 81.5 Å². The van der Waals surface area contributed by atoms with Crippen LogP contribution in [0.25, 0.3) is 0 Å². The van der Waals surface area contributed by atoms with E-state index in [2.05, 4.69) is 5.32 Å². The second-order valence-corrected chi connectivity index (χ2v) is 5.07. The number of nitrogens with zero attached hydrogens (tertiary/aromatic N) is 1. The molecular weight excluding hydrogens is 224 g/mol. The summed E-state index contributed by atoms with van der Waals surface area (Å²) in [5.41, 5.74) is -0.298. The molecule has 1 amide bonds. The van der Waals surface area contributed by atoms with Crippen LogP contribution in [0.3, 0.4) is 0 Å². The van der Waals surface area contributed by atoms with Crippen LogP contribution in [0, 0.1) is 10.1 Å². The van der Waals surface area contributed by atoms with Gasteiger partial charge in [0.2, 0.25) is 5.70 Å². The Labute approximate surface area is 100 Å². The Bertz CT molecular complexity index is 344. The zero-order valence-corrected chi connectivity index (χ0v) is 10.4. The molecule has 0 aromatic carbocycles. The molecule has 17 heavy (non-hydrogen) atoms. The van der Waals surface area contributed by atoms with Crippen molar-refractivity contribution < 1.29 is 14.5 Å². The van der Waals surface area contributed by atoms with Gasteiger partial charge in [0.1, 0.15) is 5.60 Å². The van der Waals surface area contributed by atoms with E-state index in [0.29, 0.717) is 19.3 Å². The molecule has 0 saturated carbocycles. The van der Waals surface area contributed by atoms with Crippen LogP contribution in [0.1, 0.15) is 40.0 Å². The van der Waals surface area contributed by atoms with Gasteiger partial charge >= 0.3 is 6.09 Å². The third kappa shape index (κ3) is 4.84. The molecule has 0 aliphatic heterocycles. The SMILES string of the molecule is CC(C)(C)OC(=O)NC1CC=C([N+](=O)[O-])CC1. The second-order valence-electron chi connectivity index (χ2n) is 5.07. The average Bonchev–Trinajstić information content (AvgIpc) is 2.15. The van der Waals surface area contributed by atoms with E-state index >= 15 is 0 Å². The van der Waals surface area contributed by atoms with Gasteiger partial charge in [-0.05, 0) is 39.7 Å². The van der Waals surface area contributed by atoms with Crippen molar-refractivity contribution in [2.75, 3.05) is 0 Å². The van der Waals surface area contributed by atoms with Crippen LogP contribution in [-0.4, -0.2) is 22.7 Å². The molecule has 1 aliphatic rings. The number of rotatable bonds is 2. The quantitative estimate of drug-likeness (QED) is 0.594. The number of allylic oxidation sites excluding steroid dienone is 1. The molecule has 0 radical (unpaired) electrons. The first-order chi connectivity index (χ1) is 7.78. The smallest absolute Gasteiger partial charge is 0.407 e. The summed E-state index contributed by atoms with van der Waals surface area (Å²) in [5.74, 6) is 0. The Kier molecular flexibility index (Phi) is 4.09. The molecule has 1 unspecified atom stereocenters. The monoisotopic (exact) mass is 242 g/mol. The number of ether oxygens (including phenoxy) is 1. The molecule has 1 N–H and O–H groups in total. The Morgan fingerprint density at radius 1 is 1.59 bits per heavy atom. The molecule has 0 aromatic heterocycles. The van der Waals surface area contributed by atoms with Crippen molar-refractivity contribution >= 4 is 6.09 Å². The fourth-order valence-corrected chi connectivity index (χ4v) is 1.59. The number of hydrogen-bond acceptors (Lipinski definition) is 4. The molecule has 0 heterocycles. The van der Waals surface area contributed by atoms with Gasteiger partial charge in [0.05, 0.1) is 4.92 Å². The van der Waals surface area contributed by atoms with E-state index in [1.165, 1.54) is 0 Å². The molecule has 0 spiro atoms. The summed E-state index contributed by atoms with van der Waals surface area (Å²) in [5, 5.41) is 13.2. The normalized spacial score (nSPS) is 20.4. The van der Waals surface area contributed by atoms with E-state index in [4.69, 9.17) is 4.74 Å². The zero-order valence-electron chi connectivity index (χ0n) is 10.4. The van der Waals surface area contributed by atoms with Gasteiger partial charge < -0.3 is 10.1 Å². The molecule has 1 atom stereocenters. The number of carbonyl (C=O) groups is 1. The molecule has 0 fully saturated rings. The van der Waals surface area contributed by atoms with Gasteiger partial charge in [-0.25, -0.2) is 4.79 Å². The van der Waals surface area contributed by atoms with Crippen LogP contribution in [0.4, 0.5) is 4.79 Å². The molecule has 0 aromatic rings. The van der Waals surface area contributed by atoms with Crippen LogP contribution in [-0.2, 0) is 4.74 Å². The molecule has 0 saturated heterocycles. The third-order valence-electron chi connectivity index (χ3n) is 2.34. The summed E-state index contributed by atoms with van der Waals surface area (Å²) in [6.07, 6.45) is 2.53. The van der Waals surface area contributed by atoms with Crippen LogP contribution >= 0.6 is 0 Å². The number of nitro groups is 1. The van der Waals surface area contributed by atoms with Gasteiger partial charge in [0.25, 0.3) is 0 Å². The minimum absolute atomic E-state index is 0.0754. The van der Waals surface area contributed by atoms with E-state index in [1.807, 2.05) is 0 Å². The van der Waals surface area contributed by atoms with E-state index in [0.717, 1.165) is 0 Å². The molecule has 0 bridgehead atoms. The summed E-state index contributed by atoms with van der Waals surface area (Å²) < 4.78 is 5.11.